The largest absolute Gasteiger partial charge is 0.445 e. The number of rotatable bonds is 4. The van der Waals surface area contributed by atoms with Gasteiger partial charge in [-0.25, -0.2) is 4.79 Å². The molecule has 1 saturated heterocycles. The van der Waals surface area contributed by atoms with Gasteiger partial charge >= 0.3 is 6.09 Å². The maximum Gasteiger partial charge on any atom is 0.409 e. The molecule has 0 radical (unpaired) electrons. The first-order chi connectivity index (χ1) is 8.75. The molecule has 0 aliphatic carbocycles. The highest BCUT2D eigenvalue weighted by Gasteiger charge is 2.19. The van der Waals surface area contributed by atoms with Crippen molar-refractivity contribution in [2.75, 3.05) is 26.7 Å². The van der Waals surface area contributed by atoms with Crippen LogP contribution in [0.1, 0.15) is 5.56 Å². The van der Waals surface area contributed by atoms with Crippen LogP contribution in [-0.2, 0) is 11.3 Å². The molecule has 0 unspecified atom stereocenters. The van der Waals surface area contributed by atoms with Crippen molar-refractivity contribution in [1.82, 2.24) is 15.8 Å². The molecule has 1 aromatic carbocycles. The molecule has 1 aromatic rings. The van der Waals surface area contributed by atoms with E-state index in [4.69, 9.17) is 4.74 Å². The van der Waals surface area contributed by atoms with E-state index in [1.54, 1.807) is 11.9 Å². The van der Waals surface area contributed by atoms with E-state index < -0.39 is 0 Å². The Hall–Kier alpha value is -1.59. The number of hydrogen-bond acceptors (Lipinski definition) is 4. The number of carbonyl (C=O) groups excluding carboxylic acids is 1. The summed E-state index contributed by atoms with van der Waals surface area (Å²) < 4.78 is 5.25. The lowest BCUT2D eigenvalue weighted by molar-refractivity contribution is 0.101. The second kappa shape index (κ2) is 6.37. The Labute approximate surface area is 107 Å². The van der Waals surface area contributed by atoms with E-state index in [2.05, 4.69) is 10.9 Å². The van der Waals surface area contributed by atoms with Gasteiger partial charge in [0.1, 0.15) is 6.61 Å². The third-order valence-electron chi connectivity index (χ3n) is 2.96. The summed E-state index contributed by atoms with van der Waals surface area (Å²) in [4.78, 5) is 13.4. The normalized spacial score (nSPS) is 15.6. The first kappa shape index (κ1) is 12.9. The van der Waals surface area contributed by atoms with E-state index in [9.17, 15) is 4.79 Å². The minimum absolute atomic E-state index is 0.272. The van der Waals surface area contributed by atoms with E-state index in [0.717, 1.165) is 18.7 Å². The summed E-state index contributed by atoms with van der Waals surface area (Å²) in [5.74, 6) is 0.444. The van der Waals surface area contributed by atoms with Crippen LogP contribution in [-0.4, -0.2) is 37.7 Å². The fraction of sp³-hybridized carbons (Fsp3) is 0.462. The molecule has 0 atom stereocenters. The molecule has 1 heterocycles. The lowest BCUT2D eigenvalue weighted by Crippen LogP contribution is -2.33. The van der Waals surface area contributed by atoms with Gasteiger partial charge in [-0.05, 0) is 5.56 Å². The number of nitrogens with one attached hydrogen (secondary N) is 2. The SMILES string of the molecule is CN(CC1CNNC1)C(=O)OCc1ccccc1. The second-order valence-electron chi connectivity index (χ2n) is 4.55. The molecule has 1 aliphatic heterocycles. The third-order valence-corrected chi connectivity index (χ3v) is 2.96. The topological polar surface area (TPSA) is 53.6 Å². The smallest absolute Gasteiger partial charge is 0.409 e. The van der Waals surface area contributed by atoms with E-state index in [-0.39, 0.29) is 6.09 Å². The zero-order valence-electron chi connectivity index (χ0n) is 10.6. The summed E-state index contributed by atoms with van der Waals surface area (Å²) in [6.07, 6.45) is -0.272. The van der Waals surface area contributed by atoms with Gasteiger partial charge in [0.05, 0.1) is 0 Å². The number of carbonyl (C=O) groups is 1. The monoisotopic (exact) mass is 249 g/mol. The van der Waals surface area contributed by atoms with Gasteiger partial charge in [-0.2, -0.15) is 0 Å². The van der Waals surface area contributed by atoms with E-state index in [0.29, 0.717) is 19.1 Å². The third kappa shape index (κ3) is 3.72. The zero-order valence-corrected chi connectivity index (χ0v) is 10.6. The number of hydrogen-bond donors (Lipinski definition) is 2. The van der Waals surface area contributed by atoms with Gasteiger partial charge < -0.3 is 9.64 Å². The van der Waals surface area contributed by atoms with Crippen molar-refractivity contribution >= 4 is 6.09 Å². The molecular weight excluding hydrogens is 230 g/mol. The number of nitrogens with zero attached hydrogens (tertiary/aromatic N) is 1. The Kier molecular flexibility index (Phi) is 4.55. The van der Waals surface area contributed by atoms with Crippen molar-refractivity contribution in [3.05, 3.63) is 35.9 Å². The Bertz CT molecular complexity index is 377. The Morgan fingerprint density at radius 3 is 2.67 bits per heavy atom. The predicted molar refractivity (Wildman–Crippen MR) is 68.8 cm³/mol. The molecule has 0 aromatic heterocycles. The average Bonchev–Trinajstić information content (AvgIpc) is 2.90. The Balaban J connectivity index is 1.73. The lowest BCUT2D eigenvalue weighted by Gasteiger charge is -2.19. The summed E-state index contributed by atoms with van der Waals surface area (Å²) in [5.41, 5.74) is 7.09. The molecule has 1 fully saturated rings. The van der Waals surface area contributed by atoms with Crippen molar-refractivity contribution < 1.29 is 9.53 Å². The molecule has 2 N–H and O–H groups in total. The van der Waals surface area contributed by atoms with Crippen LogP contribution in [0, 0.1) is 5.92 Å². The molecule has 2 rings (SSSR count). The van der Waals surface area contributed by atoms with Gasteiger partial charge in [0, 0.05) is 32.6 Å². The molecule has 0 bridgehead atoms. The first-order valence-corrected chi connectivity index (χ1v) is 6.13. The maximum absolute atomic E-state index is 11.8. The highest BCUT2D eigenvalue weighted by molar-refractivity contribution is 5.67. The molecule has 5 nitrogen and oxygen atoms in total. The minimum Gasteiger partial charge on any atom is -0.445 e. The summed E-state index contributed by atoms with van der Waals surface area (Å²) in [5, 5.41) is 0. The van der Waals surface area contributed by atoms with E-state index in [1.807, 2.05) is 30.3 Å². The molecule has 5 heteroatoms. The maximum atomic E-state index is 11.8. The summed E-state index contributed by atoms with van der Waals surface area (Å²) >= 11 is 0. The van der Waals surface area contributed by atoms with Crippen LogP contribution in [0.25, 0.3) is 0 Å². The number of benzene rings is 1. The highest BCUT2D eigenvalue weighted by atomic mass is 16.6. The van der Waals surface area contributed by atoms with Crippen molar-refractivity contribution in [2.24, 2.45) is 5.92 Å². The summed E-state index contributed by atoms with van der Waals surface area (Å²) in [7, 11) is 1.77. The van der Waals surface area contributed by atoms with Crippen LogP contribution >= 0.6 is 0 Å². The van der Waals surface area contributed by atoms with Gasteiger partial charge in [0.2, 0.25) is 0 Å². The Morgan fingerprint density at radius 2 is 2.00 bits per heavy atom. The fourth-order valence-corrected chi connectivity index (χ4v) is 1.93. The van der Waals surface area contributed by atoms with Crippen molar-refractivity contribution in [3.63, 3.8) is 0 Å². The van der Waals surface area contributed by atoms with Gasteiger partial charge in [-0.15, -0.1) is 0 Å². The van der Waals surface area contributed by atoms with Crippen LogP contribution in [0.15, 0.2) is 30.3 Å². The Morgan fingerprint density at radius 1 is 1.33 bits per heavy atom. The summed E-state index contributed by atoms with van der Waals surface area (Å²) in [6.45, 7) is 2.80. The standard InChI is InChI=1S/C13H19N3O2/c1-16(9-12-7-14-15-8-12)13(17)18-10-11-5-3-2-4-6-11/h2-6,12,14-15H,7-10H2,1H3. The fourth-order valence-electron chi connectivity index (χ4n) is 1.93. The van der Waals surface area contributed by atoms with Crippen LogP contribution in [0.4, 0.5) is 4.79 Å². The second-order valence-corrected chi connectivity index (χ2v) is 4.55. The number of hydrazine groups is 1. The van der Waals surface area contributed by atoms with Crippen molar-refractivity contribution in [3.8, 4) is 0 Å². The van der Waals surface area contributed by atoms with Gasteiger partial charge in [-0.3, -0.25) is 10.9 Å². The van der Waals surface area contributed by atoms with Crippen LogP contribution in [0.5, 0.6) is 0 Å². The molecule has 1 amide bonds. The molecule has 0 spiro atoms. The average molecular weight is 249 g/mol. The minimum atomic E-state index is -0.272. The molecule has 98 valence electrons. The van der Waals surface area contributed by atoms with Crippen molar-refractivity contribution in [2.45, 2.75) is 6.61 Å². The van der Waals surface area contributed by atoms with Crippen LogP contribution in [0.3, 0.4) is 0 Å². The summed E-state index contributed by atoms with van der Waals surface area (Å²) in [6, 6.07) is 9.69. The quantitative estimate of drug-likeness (QED) is 0.835. The van der Waals surface area contributed by atoms with Gasteiger partial charge in [0.15, 0.2) is 0 Å². The van der Waals surface area contributed by atoms with E-state index in [1.165, 1.54) is 0 Å². The van der Waals surface area contributed by atoms with Gasteiger partial charge in [-0.1, -0.05) is 30.3 Å². The highest BCUT2D eigenvalue weighted by Crippen LogP contribution is 2.05. The molecule has 0 saturated carbocycles. The molecular formula is C13H19N3O2. The number of amides is 1. The predicted octanol–water partition coefficient (Wildman–Crippen LogP) is 0.979. The molecule has 1 aliphatic rings. The number of ether oxygens (including phenoxy) is 1. The van der Waals surface area contributed by atoms with Gasteiger partial charge in [0.25, 0.3) is 0 Å². The van der Waals surface area contributed by atoms with Crippen LogP contribution in [0.2, 0.25) is 0 Å². The van der Waals surface area contributed by atoms with Crippen molar-refractivity contribution in [1.29, 1.82) is 0 Å². The molecule has 18 heavy (non-hydrogen) atoms. The van der Waals surface area contributed by atoms with Crippen LogP contribution < -0.4 is 10.9 Å². The van der Waals surface area contributed by atoms with E-state index >= 15 is 0 Å². The lowest BCUT2D eigenvalue weighted by atomic mass is 10.1. The zero-order chi connectivity index (χ0) is 12.8. The first-order valence-electron chi connectivity index (χ1n) is 6.13.